The highest BCUT2D eigenvalue weighted by molar-refractivity contribution is 7.05. The summed E-state index contributed by atoms with van der Waals surface area (Å²) in [6, 6.07) is 0. The van der Waals surface area contributed by atoms with Gasteiger partial charge in [0, 0.05) is 0 Å². The molecule has 66 valence electrons. The number of ether oxygens (including phenoxy) is 1. The molecule has 3 nitrogen and oxygen atoms in total. The summed E-state index contributed by atoms with van der Waals surface area (Å²) < 4.78 is 9.80. The van der Waals surface area contributed by atoms with Crippen LogP contribution in [-0.2, 0) is 15.9 Å². The lowest BCUT2D eigenvalue weighted by atomic mass is 10.0. The fourth-order valence-electron chi connectivity index (χ4n) is 1.71. The van der Waals surface area contributed by atoms with Crippen molar-refractivity contribution in [3.63, 3.8) is 0 Å². The summed E-state index contributed by atoms with van der Waals surface area (Å²) in [7, 11) is 0. The Kier molecular flexibility index (Phi) is 1.40. The maximum Gasteiger partial charge on any atom is 0.113 e. The first-order chi connectivity index (χ1) is 5.43. The van der Waals surface area contributed by atoms with Gasteiger partial charge in [-0.3, -0.25) is 0 Å². The lowest BCUT2D eigenvalue weighted by Crippen LogP contribution is -2.23. The van der Waals surface area contributed by atoms with Gasteiger partial charge in [-0.2, -0.15) is 0 Å². The lowest BCUT2D eigenvalue weighted by Gasteiger charge is -2.23. The van der Waals surface area contributed by atoms with Crippen LogP contribution in [0, 0.1) is 0 Å². The van der Waals surface area contributed by atoms with Crippen LogP contribution in [0.2, 0.25) is 0 Å². The van der Waals surface area contributed by atoms with Crippen molar-refractivity contribution < 1.29 is 4.74 Å². The third kappa shape index (κ3) is 0.912. The van der Waals surface area contributed by atoms with Gasteiger partial charge in [0.25, 0.3) is 0 Å². The quantitative estimate of drug-likeness (QED) is 0.619. The lowest BCUT2D eigenvalue weighted by molar-refractivity contribution is -0.105. The van der Waals surface area contributed by atoms with E-state index in [0.717, 1.165) is 10.6 Å². The molecule has 2 heterocycles. The smallest absolute Gasteiger partial charge is 0.113 e. The van der Waals surface area contributed by atoms with Crippen molar-refractivity contribution in [2.24, 2.45) is 0 Å². The van der Waals surface area contributed by atoms with Crippen molar-refractivity contribution in [2.45, 2.75) is 38.9 Å². The van der Waals surface area contributed by atoms with E-state index in [1.165, 1.54) is 11.5 Å². The van der Waals surface area contributed by atoms with Crippen molar-refractivity contribution >= 4 is 11.5 Å². The number of hydrogen-bond donors (Lipinski definition) is 0. The molecule has 0 unspecified atom stereocenters. The van der Waals surface area contributed by atoms with E-state index in [4.69, 9.17) is 4.74 Å². The standard InChI is InChI=1S/C8H12N2OS/c1-7(2)5-6(12-10-9-5)8(3,4)11-7/h1-4H3. The van der Waals surface area contributed by atoms with Crippen molar-refractivity contribution in [2.75, 3.05) is 0 Å². The first kappa shape index (κ1) is 8.13. The predicted molar refractivity (Wildman–Crippen MR) is 47.0 cm³/mol. The van der Waals surface area contributed by atoms with Gasteiger partial charge in [0.1, 0.15) is 16.9 Å². The van der Waals surface area contributed by atoms with E-state index in [2.05, 4.69) is 23.4 Å². The van der Waals surface area contributed by atoms with Crippen LogP contribution in [0.15, 0.2) is 0 Å². The van der Waals surface area contributed by atoms with E-state index in [9.17, 15) is 0 Å². The van der Waals surface area contributed by atoms with Gasteiger partial charge in [-0.25, -0.2) is 0 Å². The summed E-state index contributed by atoms with van der Waals surface area (Å²) in [5, 5.41) is 4.09. The van der Waals surface area contributed by atoms with Crippen LogP contribution in [0.5, 0.6) is 0 Å². The number of rotatable bonds is 0. The average molecular weight is 184 g/mol. The molecule has 0 saturated heterocycles. The third-order valence-corrected chi connectivity index (χ3v) is 3.15. The maximum absolute atomic E-state index is 5.85. The number of nitrogens with zero attached hydrogens (tertiary/aromatic N) is 2. The second-order valence-corrected chi connectivity index (χ2v) is 4.83. The zero-order valence-electron chi connectivity index (χ0n) is 7.71. The molecule has 0 aromatic carbocycles. The molecule has 0 spiro atoms. The minimum Gasteiger partial charge on any atom is -0.358 e. The molecule has 0 aliphatic carbocycles. The van der Waals surface area contributed by atoms with Crippen LogP contribution in [0.3, 0.4) is 0 Å². The summed E-state index contributed by atoms with van der Waals surface area (Å²) in [5.41, 5.74) is 0.510. The highest BCUT2D eigenvalue weighted by Crippen LogP contribution is 2.46. The molecule has 12 heavy (non-hydrogen) atoms. The zero-order valence-corrected chi connectivity index (χ0v) is 8.53. The molecule has 0 fully saturated rings. The van der Waals surface area contributed by atoms with E-state index in [1.54, 1.807) is 0 Å². The molecule has 0 bridgehead atoms. The van der Waals surface area contributed by atoms with E-state index in [-0.39, 0.29) is 11.2 Å². The second-order valence-electron chi connectivity index (χ2n) is 4.07. The molecule has 1 aromatic rings. The normalized spacial score (nSPS) is 24.0. The monoisotopic (exact) mass is 184 g/mol. The summed E-state index contributed by atoms with van der Waals surface area (Å²) in [6.07, 6.45) is 0. The molecule has 2 rings (SSSR count). The molecular formula is C8H12N2OS. The number of hydrogen-bond acceptors (Lipinski definition) is 4. The van der Waals surface area contributed by atoms with E-state index in [1.807, 2.05) is 13.8 Å². The third-order valence-electron chi connectivity index (χ3n) is 2.12. The first-order valence-corrected chi connectivity index (χ1v) is 4.74. The highest BCUT2D eigenvalue weighted by atomic mass is 32.1. The fourth-order valence-corrected chi connectivity index (χ4v) is 2.55. The van der Waals surface area contributed by atoms with Crippen LogP contribution in [0.4, 0.5) is 0 Å². The Bertz CT molecular complexity index is 288. The SMILES string of the molecule is CC1(C)OC(C)(C)c2snnc21. The average Bonchev–Trinajstić information content (AvgIpc) is 2.34. The summed E-state index contributed by atoms with van der Waals surface area (Å²) >= 11 is 1.44. The number of fused-ring (bicyclic) bond motifs is 1. The van der Waals surface area contributed by atoms with Crippen molar-refractivity contribution in [3.05, 3.63) is 10.6 Å². The molecule has 0 atom stereocenters. The highest BCUT2D eigenvalue weighted by Gasteiger charge is 2.46. The minimum absolute atomic E-state index is 0.215. The first-order valence-electron chi connectivity index (χ1n) is 3.97. The molecule has 0 amide bonds. The van der Waals surface area contributed by atoms with E-state index >= 15 is 0 Å². The van der Waals surface area contributed by atoms with Crippen molar-refractivity contribution in [1.82, 2.24) is 9.59 Å². The minimum atomic E-state index is -0.272. The van der Waals surface area contributed by atoms with Gasteiger partial charge in [0.2, 0.25) is 0 Å². The molecule has 4 heteroatoms. The Hall–Kier alpha value is -0.480. The Balaban J connectivity index is 2.60. The molecular weight excluding hydrogens is 172 g/mol. The Morgan fingerprint density at radius 3 is 2.42 bits per heavy atom. The van der Waals surface area contributed by atoms with Crippen molar-refractivity contribution in [3.8, 4) is 0 Å². The second kappa shape index (κ2) is 2.06. The maximum atomic E-state index is 5.85. The summed E-state index contributed by atoms with van der Waals surface area (Å²) in [4.78, 5) is 1.16. The Morgan fingerprint density at radius 1 is 1.17 bits per heavy atom. The molecule has 0 saturated carbocycles. The summed E-state index contributed by atoms with van der Waals surface area (Å²) in [5.74, 6) is 0. The van der Waals surface area contributed by atoms with Gasteiger partial charge in [0.05, 0.1) is 4.88 Å². The van der Waals surface area contributed by atoms with Gasteiger partial charge >= 0.3 is 0 Å². The number of aromatic nitrogens is 2. The van der Waals surface area contributed by atoms with Crippen molar-refractivity contribution in [1.29, 1.82) is 0 Å². The Labute approximate surface area is 75.9 Å². The van der Waals surface area contributed by atoms with E-state index in [0.29, 0.717) is 0 Å². The van der Waals surface area contributed by atoms with Crippen LogP contribution < -0.4 is 0 Å². The Morgan fingerprint density at radius 2 is 1.83 bits per heavy atom. The largest absolute Gasteiger partial charge is 0.358 e. The summed E-state index contributed by atoms with van der Waals surface area (Å²) in [6.45, 7) is 8.17. The van der Waals surface area contributed by atoms with Crippen LogP contribution >= 0.6 is 11.5 Å². The van der Waals surface area contributed by atoms with E-state index < -0.39 is 0 Å². The van der Waals surface area contributed by atoms with Crippen LogP contribution in [-0.4, -0.2) is 9.59 Å². The van der Waals surface area contributed by atoms with Crippen LogP contribution in [0.1, 0.15) is 38.3 Å². The van der Waals surface area contributed by atoms with Gasteiger partial charge in [0.15, 0.2) is 0 Å². The molecule has 0 radical (unpaired) electrons. The fraction of sp³-hybridized carbons (Fsp3) is 0.750. The topological polar surface area (TPSA) is 35.0 Å². The molecule has 1 aliphatic rings. The predicted octanol–water partition coefficient (Wildman–Crippen LogP) is 2.04. The molecule has 1 aromatic heterocycles. The van der Waals surface area contributed by atoms with Gasteiger partial charge < -0.3 is 4.74 Å². The van der Waals surface area contributed by atoms with Crippen LogP contribution in [0.25, 0.3) is 0 Å². The molecule has 0 N–H and O–H groups in total. The zero-order chi connectivity index (χ0) is 8.98. The van der Waals surface area contributed by atoms with Gasteiger partial charge in [-0.15, -0.1) is 5.10 Å². The molecule has 1 aliphatic heterocycles. The van der Waals surface area contributed by atoms with Gasteiger partial charge in [-0.05, 0) is 39.2 Å². The van der Waals surface area contributed by atoms with Gasteiger partial charge in [-0.1, -0.05) is 4.49 Å².